The van der Waals surface area contributed by atoms with Crippen LogP contribution in [0.1, 0.15) is 63.5 Å². The highest BCUT2D eigenvalue weighted by atomic mass is 19.1. The minimum atomic E-state index is -0.544. The number of rotatable bonds is 4. The third-order valence-corrected chi connectivity index (χ3v) is 6.17. The van der Waals surface area contributed by atoms with Gasteiger partial charge in [0.15, 0.2) is 0 Å². The van der Waals surface area contributed by atoms with E-state index in [1.807, 2.05) is 51.1 Å². The van der Waals surface area contributed by atoms with Gasteiger partial charge in [-0.1, -0.05) is 48.5 Å². The molecule has 1 aliphatic heterocycles. The summed E-state index contributed by atoms with van der Waals surface area (Å²) in [6.07, 6.45) is 3.57. The van der Waals surface area contributed by atoms with E-state index in [-0.39, 0.29) is 29.3 Å². The molecule has 2 aromatic carbocycles. The van der Waals surface area contributed by atoms with Crippen molar-refractivity contribution in [3.8, 4) is 0 Å². The zero-order valence-electron chi connectivity index (χ0n) is 17.5. The molecule has 0 aromatic heterocycles. The number of piperidine rings is 1. The van der Waals surface area contributed by atoms with Gasteiger partial charge in [0.1, 0.15) is 17.5 Å². The number of halogens is 1. The molecule has 0 unspecified atom stereocenters. The summed E-state index contributed by atoms with van der Waals surface area (Å²) >= 11 is 0. The lowest BCUT2D eigenvalue weighted by atomic mass is 9.79. The van der Waals surface area contributed by atoms with Crippen molar-refractivity contribution in [3.63, 3.8) is 0 Å². The van der Waals surface area contributed by atoms with Crippen molar-refractivity contribution < 1.29 is 13.9 Å². The number of ether oxygens (including phenoxy) is 1. The maximum absolute atomic E-state index is 14.6. The lowest BCUT2D eigenvalue weighted by molar-refractivity contribution is -0.166. The van der Waals surface area contributed by atoms with E-state index in [0.717, 1.165) is 31.4 Å². The van der Waals surface area contributed by atoms with E-state index in [4.69, 9.17) is 4.74 Å². The van der Waals surface area contributed by atoms with Crippen molar-refractivity contribution >= 4 is 5.97 Å². The standard InChI is InChI=1S/C25H30FNO2/c1-24(2,3)29-23(28)22-15-19(20-11-7-8-12-21(20)26)16-25(13-14-25)27(22)17-18-9-5-4-6-10-18/h4-12,19,22H,13-17H2,1-3H3/t19-,22-/m1/s1. The zero-order chi connectivity index (χ0) is 20.6. The van der Waals surface area contributed by atoms with Gasteiger partial charge >= 0.3 is 5.97 Å². The van der Waals surface area contributed by atoms with Gasteiger partial charge in [-0.05, 0) is 69.6 Å². The number of carbonyl (C=O) groups is 1. The van der Waals surface area contributed by atoms with E-state index in [2.05, 4.69) is 17.0 Å². The Morgan fingerprint density at radius 2 is 1.76 bits per heavy atom. The Balaban J connectivity index is 1.66. The molecular formula is C25H30FNO2. The Morgan fingerprint density at radius 3 is 2.38 bits per heavy atom. The Bertz CT molecular complexity index is 870. The largest absolute Gasteiger partial charge is 0.459 e. The van der Waals surface area contributed by atoms with Crippen LogP contribution in [0.15, 0.2) is 54.6 Å². The predicted molar refractivity (Wildman–Crippen MR) is 112 cm³/mol. The predicted octanol–water partition coefficient (Wildman–Crippen LogP) is 5.45. The number of likely N-dealkylation sites (tertiary alicyclic amines) is 1. The van der Waals surface area contributed by atoms with Crippen molar-refractivity contribution in [2.75, 3.05) is 0 Å². The molecule has 2 aliphatic rings. The monoisotopic (exact) mass is 395 g/mol. The normalized spacial score (nSPS) is 23.7. The Morgan fingerprint density at radius 1 is 1.10 bits per heavy atom. The quantitative estimate of drug-likeness (QED) is 0.645. The van der Waals surface area contributed by atoms with Crippen molar-refractivity contribution in [1.29, 1.82) is 0 Å². The summed E-state index contributed by atoms with van der Waals surface area (Å²) in [5.74, 6) is -0.336. The number of hydrogen-bond donors (Lipinski definition) is 0. The number of esters is 1. The molecule has 1 aliphatic carbocycles. The first kappa shape index (κ1) is 20.1. The lowest BCUT2D eigenvalue weighted by Gasteiger charge is -2.45. The highest BCUT2D eigenvalue weighted by Gasteiger charge is 2.56. The average molecular weight is 396 g/mol. The number of nitrogens with zero attached hydrogens (tertiary/aromatic N) is 1. The number of carbonyl (C=O) groups excluding carboxylic acids is 1. The molecule has 1 spiro atoms. The molecule has 0 amide bonds. The first-order valence-corrected chi connectivity index (χ1v) is 10.6. The molecule has 1 heterocycles. The summed E-state index contributed by atoms with van der Waals surface area (Å²) in [7, 11) is 0. The van der Waals surface area contributed by atoms with E-state index in [1.165, 1.54) is 11.6 Å². The molecule has 29 heavy (non-hydrogen) atoms. The van der Waals surface area contributed by atoms with E-state index in [1.54, 1.807) is 6.07 Å². The fourth-order valence-electron chi connectivity index (χ4n) is 4.72. The van der Waals surface area contributed by atoms with E-state index >= 15 is 0 Å². The average Bonchev–Trinajstić information content (AvgIpc) is 3.43. The lowest BCUT2D eigenvalue weighted by Crippen LogP contribution is -2.54. The van der Waals surface area contributed by atoms with Crippen molar-refractivity contribution in [3.05, 3.63) is 71.5 Å². The summed E-state index contributed by atoms with van der Waals surface area (Å²) in [4.78, 5) is 15.6. The third-order valence-electron chi connectivity index (χ3n) is 6.17. The van der Waals surface area contributed by atoms with Crippen LogP contribution >= 0.6 is 0 Å². The molecule has 0 N–H and O–H groups in total. The number of benzene rings is 2. The van der Waals surface area contributed by atoms with Gasteiger partial charge in [0.25, 0.3) is 0 Å². The van der Waals surface area contributed by atoms with Crippen molar-refractivity contribution in [1.82, 2.24) is 4.90 Å². The van der Waals surface area contributed by atoms with E-state index in [9.17, 15) is 9.18 Å². The molecule has 0 bridgehead atoms. The maximum Gasteiger partial charge on any atom is 0.323 e. The second-order valence-corrected chi connectivity index (χ2v) is 9.55. The second kappa shape index (κ2) is 7.56. The fraction of sp³-hybridized carbons (Fsp3) is 0.480. The van der Waals surface area contributed by atoms with Crippen molar-refractivity contribution in [2.24, 2.45) is 0 Å². The SMILES string of the molecule is CC(C)(C)OC(=O)[C@H]1C[C@@H](c2ccccc2F)CC2(CC2)N1Cc1ccccc1. The minimum Gasteiger partial charge on any atom is -0.459 e. The van der Waals surface area contributed by atoms with Gasteiger partial charge in [0, 0.05) is 12.1 Å². The topological polar surface area (TPSA) is 29.5 Å². The Labute approximate surface area is 172 Å². The highest BCUT2D eigenvalue weighted by Crippen LogP contribution is 2.55. The van der Waals surface area contributed by atoms with E-state index in [0.29, 0.717) is 6.42 Å². The molecule has 2 aromatic rings. The van der Waals surface area contributed by atoms with E-state index < -0.39 is 5.60 Å². The van der Waals surface area contributed by atoms with Crippen LogP contribution in [0.5, 0.6) is 0 Å². The summed E-state index contributed by atoms with van der Waals surface area (Å²) in [6.45, 7) is 6.41. The molecule has 3 nitrogen and oxygen atoms in total. The summed E-state index contributed by atoms with van der Waals surface area (Å²) in [6, 6.07) is 16.9. The molecule has 1 saturated carbocycles. The fourth-order valence-corrected chi connectivity index (χ4v) is 4.72. The van der Waals surface area contributed by atoms with Crippen LogP contribution in [-0.4, -0.2) is 28.1 Å². The maximum atomic E-state index is 14.6. The van der Waals surface area contributed by atoms with Crippen molar-refractivity contribution in [2.45, 2.75) is 76.1 Å². The van der Waals surface area contributed by atoms with Gasteiger partial charge < -0.3 is 4.74 Å². The molecule has 1 saturated heterocycles. The highest BCUT2D eigenvalue weighted by molar-refractivity contribution is 5.77. The van der Waals surface area contributed by atoms with Gasteiger partial charge in [-0.3, -0.25) is 9.69 Å². The van der Waals surface area contributed by atoms with Crippen LogP contribution in [0.4, 0.5) is 4.39 Å². The molecule has 2 fully saturated rings. The van der Waals surface area contributed by atoms with Crippen LogP contribution in [0.25, 0.3) is 0 Å². The summed E-state index contributed by atoms with van der Waals surface area (Å²) < 4.78 is 20.4. The molecule has 2 atom stereocenters. The Kier molecular flexibility index (Phi) is 5.24. The molecule has 0 radical (unpaired) electrons. The molecule has 4 heteroatoms. The number of hydrogen-bond acceptors (Lipinski definition) is 3. The van der Waals surface area contributed by atoms with Gasteiger partial charge in [-0.2, -0.15) is 0 Å². The van der Waals surface area contributed by atoms with Crippen LogP contribution in [0.3, 0.4) is 0 Å². The summed E-state index contributed by atoms with van der Waals surface area (Å²) in [5.41, 5.74) is 1.34. The van der Waals surface area contributed by atoms with Crippen LogP contribution < -0.4 is 0 Å². The second-order valence-electron chi connectivity index (χ2n) is 9.55. The minimum absolute atomic E-state index is 0.0308. The molecule has 4 rings (SSSR count). The first-order valence-electron chi connectivity index (χ1n) is 10.6. The van der Waals surface area contributed by atoms with Gasteiger partial charge in [-0.25, -0.2) is 4.39 Å². The van der Waals surface area contributed by atoms with Crippen LogP contribution in [-0.2, 0) is 16.1 Å². The smallest absolute Gasteiger partial charge is 0.323 e. The summed E-state index contributed by atoms with van der Waals surface area (Å²) in [5, 5.41) is 0. The molecule has 154 valence electrons. The van der Waals surface area contributed by atoms with Crippen LogP contribution in [0, 0.1) is 5.82 Å². The van der Waals surface area contributed by atoms with Crippen LogP contribution in [0.2, 0.25) is 0 Å². The Hall–Kier alpha value is -2.20. The molecular weight excluding hydrogens is 365 g/mol. The van der Waals surface area contributed by atoms with Gasteiger partial charge in [0.2, 0.25) is 0 Å². The van der Waals surface area contributed by atoms with Gasteiger partial charge in [0.05, 0.1) is 0 Å². The third kappa shape index (κ3) is 4.37. The van der Waals surface area contributed by atoms with Gasteiger partial charge in [-0.15, -0.1) is 0 Å². The zero-order valence-corrected chi connectivity index (χ0v) is 17.5. The first-order chi connectivity index (χ1) is 13.8.